The Bertz CT molecular complexity index is 1690. The Morgan fingerprint density at radius 3 is 2.88 bits per heavy atom. The molecule has 1 saturated heterocycles. The molecule has 0 unspecified atom stereocenters. The van der Waals surface area contributed by atoms with Crippen LogP contribution >= 0.6 is 0 Å². The first kappa shape index (κ1) is 26.3. The van der Waals surface area contributed by atoms with Gasteiger partial charge in [-0.3, -0.25) is 5.10 Å². The average molecular weight is 538 g/mol. The molecule has 5 heterocycles. The molecule has 3 aromatic heterocycles. The first-order chi connectivity index (χ1) is 19.6. The van der Waals surface area contributed by atoms with Crippen LogP contribution in [0, 0.1) is 5.82 Å². The molecule has 1 fully saturated rings. The Morgan fingerprint density at radius 1 is 1.20 bits per heavy atom. The highest BCUT2D eigenvalue weighted by Gasteiger charge is 2.17. The summed E-state index contributed by atoms with van der Waals surface area (Å²) in [6, 6.07) is 7.25. The highest BCUT2D eigenvalue weighted by molar-refractivity contribution is 5.91. The first-order valence-electron chi connectivity index (χ1n) is 14.3. The number of hydrogen-bond acceptors (Lipinski definition) is 5. The SMILES string of the molecule is C=c1[nH]nc(-c2nc3nccc(-c4cc(F)cc(CCCN5CCCC5)c4)c3[nH]2)/c1=C/C(=C\C)C1=CCNCC1. The van der Waals surface area contributed by atoms with Crippen molar-refractivity contribution >= 4 is 23.8 Å². The molecule has 0 spiro atoms. The van der Waals surface area contributed by atoms with Gasteiger partial charge in [0.2, 0.25) is 0 Å². The Hall–Kier alpha value is -3.88. The number of aryl methyl sites for hydroxylation is 1. The molecule has 40 heavy (non-hydrogen) atoms. The normalized spacial score (nSPS) is 17.2. The molecule has 4 aromatic rings. The Kier molecular flexibility index (Phi) is 7.71. The van der Waals surface area contributed by atoms with Gasteiger partial charge >= 0.3 is 0 Å². The zero-order chi connectivity index (χ0) is 27.5. The van der Waals surface area contributed by atoms with Gasteiger partial charge < -0.3 is 15.2 Å². The van der Waals surface area contributed by atoms with E-state index in [9.17, 15) is 4.39 Å². The second-order valence-electron chi connectivity index (χ2n) is 10.7. The van der Waals surface area contributed by atoms with Crippen LogP contribution in [0.2, 0.25) is 0 Å². The monoisotopic (exact) mass is 537 g/mol. The van der Waals surface area contributed by atoms with E-state index < -0.39 is 0 Å². The third-order valence-corrected chi connectivity index (χ3v) is 7.95. The van der Waals surface area contributed by atoms with E-state index in [4.69, 9.17) is 4.98 Å². The van der Waals surface area contributed by atoms with Gasteiger partial charge in [-0.1, -0.05) is 24.8 Å². The number of benzene rings is 1. The number of halogens is 1. The summed E-state index contributed by atoms with van der Waals surface area (Å²) in [7, 11) is 0. The van der Waals surface area contributed by atoms with Crippen LogP contribution in [-0.4, -0.2) is 62.8 Å². The zero-order valence-electron chi connectivity index (χ0n) is 23.1. The van der Waals surface area contributed by atoms with E-state index in [1.807, 2.05) is 13.0 Å². The fourth-order valence-electron chi connectivity index (χ4n) is 5.85. The van der Waals surface area contributed by atoms with E-state index in [0.29, 0.717) is 17.2 Å². The minimum Gasteiger partial charge on any atom is -0.335 e. The van der Waals surface area contributed by atoms with Crippen molar-refractivity contribution in [1.29, 1.82) is 0 Å². The smallest absolute Gasteiger partial charge is 0.178 e. The fourth-order valence-corrected chi connectivity index (χ4v) is 5.85. The first-order valence-corrected chi connectivity index (χ1v) is 14.3. The minimum absolute atomic E-state index is 0.227. The van der Waals surface area contributed by atoms with E-state index in [1.165, 1.54) is 31.5 Å². The Morgan fingerprint density at radius 2 is 2.08 bits per heavy atom. The van der Waals surface area contributed by atoms with Crippen molar-refractivity contribution in [2.45, 2.75) is 39.0 Å². The third-order valence-electron chi connectivity index (χ3n) is 7.95. The van der Waals surface area contributed by atoms with E-state index in [-0.39, 0.29) is 5.82 Å². The average Bonchev–Trinajstić information content (AvgIpc) is 3.72. The van der Waals surface area contributed by atoms with Gasteiger partial charge in [-0.2, -0.15) is 5.10 Å². The number of nitrogens with zero attached hydrogens (tertiary/aromatic N) is 4. The number of H-pyrrole nitrogens is 2. The number of aromatic amines is 2. The van der Waals surface area contributed by atoms with Crippen molar-refractivity contribution in [2.75, 3.05) is 32.7 Å². The van der Waals surface area contributed by atoms with Crippen molar-refractivity contribution in [3.05, 3.63) is 75.7 Å². The third kappa shape index (κ3) is 5.55. The summed E-state index contributed by atoms with van der Waals surface area (Å²) in [5, 5.41) is 12.6. The van der Waals surface area contributed by atoms with Crippen LogP contribution in [0.1, 0.15) is 38.2 Å². The maximum Gasteiger partial charge on any atom is 0.178 e. The summed E-state index contributed by atoms with van der Waals surface area (Å²) in [5.41, 5.74) is 7.18. The van der Waals surface area contributed by atoms with Crippen molar-refractivity contribution in [1.82, 2.24) is 35.4 Å². The maximum atomic E-state index is 14.8. The van der Waals surface area contributed by atoms with Gasteiger partial charge in [0, 0.05) is 23.5 Å². The number of rotatable bonds is 8. The van der Waals surface area contributed by atoms with Gasteiger partial charge in [0.15, 0.2) is 11.5 Å². The maximum absolute atomic E-state index is 14.8. The number of likely N-dealkylation sites (tertiary alicyclic amines) is 1. The molecule has 0 bridgehead atoms. The summed E-state index contributed by atoms with van der Waals surface area (Å²) in [5.74, 6) is 0.375. The topological polar surface area (TPSA) is 85.5 Å². The number of allylic oxidation sites excluding steroid dienone is 2. The highest BCUT2D eigenvalue weighted by Crippen LogP contribution is 2.29. The molecule has 2 aliphatic heterocycles. The quantitative estimate of drug-likeness (QED) is 0.313. The molecular formula is C32H36FN7. The molecule has 0 saturated carbocycles. The van der Waals surface area contributed by atoms with Gasteiger partial charge in [0.25, 0.3) is 0 Å². The lowest BCUT2D eigenvalue weighted by Crippen LogP contribution is -2.24. The number of hydrogen-bond donors (Lipinski definition) is 3. The van der Waals surface area contributed by atoms with Crippen LogP contribution in [-0.2, 0) is 6.42 Å². The number of nitrogens with one attached hydrogen (secondary N) is 3. The van der Waals surface area contributed by atoms with E-state index >= 15 is 0 Å². The molecule has 1 aromatic carbocycles. The molecule has 0 atom stereocenters. The van der Waals surface area contributed by atoms with Crippen molar-refractivity contribution < 1.29 is 4.39 Å². The second-order valence-corrected chi connectivity index (χ2v) is 10.7. The summed E-state index contributed by atoms with van der Waals surface area (Å²) < 4.78 is 14.8. The molecule has 0 aliphatic carbocycles. The largest absolute Gasteiger partial charge is 0.335 e. The van der Waals surface area contributed by atoms with Crippen LogP contribution in [0.4, 0.5) is 4.39 Å². The van der Waals surface area contributed by atoms with Crippen LogP contribution in [0.3, 0.4) is 0 Å². The Balaban J connectivity index is 1.34. The summed E-state index contributed by atoms with van der Waals surface area (Å²) >= 11 is 0. The molecule has 0 radical (unpaired) electrons. The van der Waals surface area contributed by atoms with Gasteiger partial charge in [0.05, 0.1) is 10.9 Å². The molecule has 8 heteroatoms. The van der Waals surface area contributed by atoms with Gasteiger partial charge in [-0.25, -0.2) is 14.4 Å². The number of fused-ring (bicyclic) bond motifs is 1. The Labute approximate surface area is 233 Å². The second kappa shape index (κ2) is 11.7. The van der Waals surface area contributed by atoms with E-state index in [1.54, 1.807) is 18.3 Å². The molecular weight excluding hydrogens is 501 g/mol. The van der Waals surface area contributed by atoms with Gasteiger partial charge in [0.1, 0.15) is 11.5 Å². The van der Waals surface area contributed by atoms with Crippen LogP contribution in [0.25, 0.3) is 46.5 Å². The number of aromatic nitrogens is 5. The van der Waals surface area contributed by atoms with E-state index in [0.717, 1.165) is 77.2 Å². The van der Waals surface area contributed by atoms with Gasteiger partial charge in [-0.15, -0.1) is 0 Å². The molecule has 206 valence electrons. The highest BCUT2D eigenvalue weighted by atomic mass is 19.1. The predicted molar refractivity (Wildman–Crippen MR) is 159 cm³/mol. The lowest BCUT2D eigenvalue weighted by molar-refractivity contribution is 0.334. The lowest BCUT2D eigenvalue weighted by Gasteiger charge is -2.14. The van der Waals surface area contributed by atoms with E-state index in [2.05, 4.69) is 61.3 Å². The molecule has 3 N–H and O–H groups in total. The number of pyridine rings is 1. The van der Waals surface area contributed by atoms with Gasteiger partial charge in [-0.05, 0) is 112 Å². The standard InChI is InChI=1S/C32H36FN7/c1-3-23(24-8-11-34-12-9-24)20-28-21(2)38-39-30(28)32-36-29-27(10-13-35-31(29)37-32)25-17-22(18-26(33)19-25)7-6-16-40-14-4-5-15-40/h3,8,10,13,17-20,34,38H,2,4-7,9,11-12,14-16H2,1H3,(H,35,36,37)/b23-3+,28-20+. The predicted octanol–water partition coefficient (Wildman–Crippen LogP) is 4.24. The number of imidazole rings is 1. The molecule has 0 amide bonds. The van der Waals surface area contributed by atoms with Crippen molar-refractivity contribution in [2.24, 2.45) is 0 Å². The van der Waals surface area contributed by atoms with Crippen molar-refractivity contribution in [3.63, 3.8) is 0 Å². The zero-order valence-corrected chi connectivity index (χ0v) is 23.1. The summed E-state index contributed by atoms with van der Waals surface area (Å²) in [4.78, 5) is 15.2. The molecule has 6 rings (SSSR count). The minimum atomic E-state index is -0.227. The van der Waals surface area contributed by atoms with Crippen LogP contribution in [0.5, 0.6) is 0 Å². The molecule has 7 nitrogen and oxygen atoms in total. The summed E-state index contributed by atoms with van der Waals surface area (Å²) in [6.45, 7) is 11.5. The molecule has 2 aliphatic rings. The van der Waals surface area contributed by atoms with Crippen LogP contribution < -0.4 is 15.9 Å². The van der Waals surface area contributed by atoms with Crippen LogP contribution in [0.15, 0.2) is 53.8 Å². The fraction of sp³-hybridized carbons (Fsp3) is 0.344. The lowest BCUT2D eigenvalue weighted by atomic mass is 9.99. The summed E-state index contributed by atoms with van der Waals surface area (Å²) in [6.07, 6.45) is 13.6. The van der Waals surface area contributed by atoms with Crippen molar-refractivity contribution in [3.8, 4) is 22.6 Å².